The summed E-state index contributed by atoms with van der Waals surface area (Å²) in [5, 5.41) is 8.89. The first kappa shape index (κ1) is 23.4. The average molecular weight is 560 g/mol. The first-order chi connectivity index (χ1) is 17.0. The Balaban J connectivity index is 1.43. The van der Waals surface area contributed by atoms with Crippen molar-refractivity contribution in [2.45, 2.75) is 23.0 Å². The van der Waals surface area contributed by atoms with E-state index in [-0.39, 0.29) is 12.3 Å². The molecule has 2 aromatic carbocycles. The molecule has 0 saturated carbocycles. The molecule has 5 rings (SSSR count). The van der Waals surface area contributed by atoms with Gasteiger partial charge >= 0.3 is 0 Å². The first-order valence-corrected chi connectivity index (χ1v) is 12.2. The van der Waals surface area contributed by atoms with Gasteiger partial charge in [0.15, 0.2) is 39.3 Å². The van der Waals surface area contributed by atoms with E-state index in [9.17, 15) is 0 Å². The second kappa shape index (κ2) is 9.70. The van der Waals surface area contributed by atoms with Crippen molar-refractivity contribution >= 4 is 38.9 Å². The number of fused-ring (bicyclic) bond motifs is 2. The number of benzene rings is 2. The lowest BCUT2D eigenvalue weighted by atomic mass is 10.1. The Bertz CT molecular complexity index is 1450. The minimum Gasteiger partial charge on any atom is -0.493 e. The minimum atomic E-state index is 0.133. The molecule has 1 aliphatic heterocycles. The Kier molecular flexibility index (Phi) is 6.48. The molecule has 3 heterocycles. The van der Waals surface area contributed by atoms with E-state index in [4.69, 9.17) is 34.1 Å². The van der Waals surface area contributed by atoms with Gasteiger partial charge in [-0.2, -0.15) is 0 Å². The van der Waals surface area contributed by atoms with Gasteiger partial charge in [-0.1, -0.05) is 11.8 Å². The molecule has 10 nitrogen and oxygen atoms in total. The van der Waals surface area contributed by atoms with Crippen molar-refractivity contribution in [1.82, 2.24) is 19.5 Å². The number of halogens is 1. The summed E-state index contributed by atoms with van der Waals surface area (Å²) in [6.07, 6.45) is 2.30. The maximum absolute atomic E-state index is 8.25. The molecule has 0 aliphatic carbocycles. The van der Waals surface area contributed by atoms with Crippen molar-refractivity contribution in [2.75, 3.05) is 28.1 Å². The molecule has 0 unspecified atom stereocenters. The van der Waals surface area contributed by atoms with Gasteiger partial charge in [-0.3, -0.25) is 5.41 Å². The van der Waals surface area contributed by atoms with Crippen molar-refractivity contribution in [3.05, 3.63) is 46.1 Å². The second-order valence-corrected chi connectivity index (χ2v) is 9.43. The van der Waals surface area contributed by atoms with E-state index >= 15 is 0 Å². The second-order valence-electron chi connectivity index (χ2n) is 7.55. The predicted molar refractivity (Wildman–Crippen MR) is 132 cm³/mol. The van der Waals surface area contributed by atoms with Gasteiger partial charge in [0.05, 0.1) is 27.7 Å². The Morgan fingerprint density at radius 1 is 1.09 bits per heavy atom. The Morgan fingerprint density at radius 3 is 2.49 bits per heavy atom. The Labute approximate surface area is 213 Å². The van der Waals surface area contributed by atoms with E-state index in [1.807, 2.05) is 28.8 Å². The molecular formula is C23H22BrN5O5S. The number of aromatic nitrogens is 4. The zero-order chi connectivity index (χ0) is 24.5. The molecule has 0 radical (unpaired) electrons. The van der Waals surface area contributed by atoms with Crippen LogP contribution in [0.3, 0.4) is 0 Å². The van der Waals surface area contributed by atoms with Crippen molar-refractivity contribution < 1.29 is 23.7 Å². The normalized spacial score (nSPS) is 12.2. The zero-order valence-corrected chi connectivity index (χ0v) is 21.6. The summed E-state index contributed by atoms with van der Waals surface area (Å²) in [5.41, 5.74) is 2.35. The van der Waals surface area contributed by atoms with Crippen LogP contribution in [-0.4, -0.2) is 47.6 Å². The molecule has 0 fully saturated rings. The number of methoxy groups -OCH3 is 3. The van der Waals surface area contributed by atoms with Crippen LogP contribution in [0.4, 0.5) is 0 Å². The number of imidazole rings is 1. The maximum atomic E-state index is 8.25. The summed E-state index contributed by atoms with van der Waals surface area (Å²) in [6, 6.07) is 7.63. The van der Waals surface area contributed by atoms with Gasteiger partial charge in [-0.05, 0) is 52.2 Å². The number of nitrogens with zero attached hydrogens (tertiary/aromatic N) is 3. The molecule has 4 aromatic rings. The lowest BCUT2D eigenvalue weighted by molar-refractivity contribution is 0.174. The Morgan fingerprint density at radius 2 is 1.80 bits per heavy atom. The fraction of sp³-hybridized carbons (Fsp3) is 0.261. The fourth-order valence-electron chi connectivity index (χ4n) is 3.78. The van der Waals surface area contributed by atoms with Crippen LogP contribution >= 0.6 is 27.7 Å². The number of nitrogens with one attached hydrogen (secondary N) is 2. The van der Waals surface area contributed by atoms with Crippen molar-refractivity contribution in [2.24, 2.45) is 0 Å². The summed E-state index contributed by atoms with van der Waals surface area (Å²) < 4.78 is 30.0. The molecule has 0 saturated heterocycles. The number of hydrogen-bond donors (Lipinski definition) is 2. The number of aromatic amines is 1. The molecule has 0 atom stereocenters. The highest BCUT2D eigenvalue weighted by Crippen LogP contribution is 2.42. The van der Waals surface area contributed by atoms with Crippen LogP contribution in [0.25, 0.3) is 11.2 Å². The highest BCUT2D eigenvalue weighted by atomic mass is 79.9. The lowest BCUT2D eigenvalue weighted by Crippen LogP contribution is -2.13. The lowest BCUT2D eigenvalue weighted by Gasteiger charge is -2.14. The number of H-pyrrole nitrogens is 1. The average Bonchev–Trinajstić information content (AvgIpc) is 3.50. The van der Waals surface area contributed by atoms with E-state index in [0.29, 0.717) is 58.0 Å². The molecule has 12 heteroatoms. The van der Waals surface area contributed by atoms with Crippen molar-refractivity contribution in [1.29, 1.82) is 5.41 Å². The summed E-state index contributed by atoms with van der Waals surface area (Å²) in [5.74, 6) is 3.15. The van der Waals surface area contributed by atoms with E-state index in [1.165, 1.54) is 11.8 Å². The zero-order valence-electron chi connectivity index (χ0n) is 19.2. The third-order valence-electron chi connectivity index (χ3n) is 5.50. The first-order valence-electron chi connectivity index (χ1n) is 10.6. The SMILES string of the molecule is COc1cc(CCn2cnc(=N)c3[nH]c(Sc4cc5c(cc4Br)OCO5)nc32)cc(OC)c1OC. The topological polar surface area (TPSA) is 117 Å². The smallest absolute Gasteiger partial charge is 0.231 e. The maximum Gasteiger partial charge on any atom is 0.231 e. The van der Waals surface area contributed by atoms with E-state index in [2.05, 4.69) is 25.9 Å². The van der Waals surface area contributed by atoms with E-state index < -0.39 is 0 Å². The molecule has 0 spiro atoms. The van der Waals surface area contributed by atoms with Crippen molar-refractivity contribution in [3.8, 4) is 28.7 Å². The molecule has 2 aromatic heterocycles. The van der Waals surface area contributed by atoms with Crippen molar-refractivity contribution in [3.63, 3.8) is 0 Å². The standard InChI is InChI=1S/C23H22BrN5O5S/c1-30-16-6-12(7-17(31-2)20(16)32-3)4-5-29-10-26-21(25)19-22(29)28-23(27-19)35-18-9-15-14(8-13(18)24)33-11-34-15/h6-10,25H,4-5,11H2,1-3H3,(H,27,28). The fourth-order valence-corrected chi connectivity index (χ4v) is 5.17. The van der Waals surface area contributed by atoms with E-state index in [1.54, 1.807) is 27.7 Å². The highest BCUT2D eigenvalue weighted by Gasteiger charge is 2.19. The molecular weight excluding hydrogens is 538 g/mol. The van der Waals surface area contributed by atoms with E-state index in [0.717, 1.165) is 14.9 Å². The van der Waals surface area contributed by atoms with Crippen LogP contribution in [0.2, 0.25) is 0 Å². The monoisotopic (exact) mass is 559 g/mol. The predicted octanol–water partition coefficient (Wildman–Crippen LogP) is 4.15. The summed E-state index contributed by atoms with van der Waals surface area (Å²) in [6.45, 7) is 0.797. The summed E-state index contributed by atoms with van der Waals surface area (Å²) >= 11 is 5.01. The number of ether oxygens (including phenoxy) is 5. The van der Waals surface area contributed by atoms with Crippen LogP contribution in [0.1, 0.15) is 5.56 Å². The third kappa shape index (κ3) is 4.50. The summed E-state index contributed by atoms with van der Waals surface area (Å²) in [4.78, 5) is 13.1. The Hall–Kier alpha value is -3.38. The number of aryl methyl sites for hydroxylation is 2. The van der Waals surface area contributed by atoms with Crippen LogP contribution < -0.4 is 29.2 Å². The van der Waals surface area contributed by atoms with Gasteiger partial charge < -0.3 is 33.2 Å². The van der Waals surface area contributed by atoms with Gasteiger partial charge in [-0.15, -0.1) is 0 Å². The van der Waals surface area contributed by atoms with Gasteiger partial charge in [0.1, 0.15) is 5.52 Å². The molecule has 0 bridgehead atoms. The van der Waals surface area contributed by atoms with Crippen LogP contribution in [0.15, 0.2) is 45.1 Å². The highest BCUT2D eigenvalue weighted by molar-refractivity contribution is 9.10. The van der Waals surface area contributed by atoms with Gasteiger partial charge in [-0.25, -0.2) is 9.97 Å². The minimum absolute atomic E-state index is 0.133. The van der Waals surface area contributed by atoms with Crippen LogP contribution in [-0.2, 0) is 13.0 Å². The van der Waals surface area contributed by atoms with Crippen LogP contribution in [0, 0.1) is 5.41 Å². The van der Waals surface area contributed by atoms with Gasteiger partial charge in [0, 0.05) is 15.9 Å². The molecule has 1 aliphatic rings. The van der Waals surface area contributed by atoms with Gasteiger partial charge in [0.25, 0.3) is 0 Å². The third-order valence-corrected chi connectivity index (χ3v) is 7.36. The number of hydrogen-bond acceptors (Lipinski definition) is 9. The molecule has 2 N–H and O–H groups in total. The largest absolute Gasteiger partial charge is 0.493 e. The molecule has 182 valence electrons. The molecule has 0 amide bonds. The molecule has 35 heavy (non-hydrogen) atoms. The summed E-state index contributed by atoms with van der Waals surface area (Å²) in [7, 11) is 4.77. The van der Waals surface area contributed by atoms with Crippen LogP contribution in [0.5, 0.6) is 28.7 Å². The number of rotatable bonds is 8. The quantitative estimate of drug-likeness (QED) is 0.330. The van der Waals surface area contributed by atoms with Gasteiger partial charge in [0.2, 0.25) is 12.5 Å².